The Labute approximate surface area is 125 Å². The van der Waals surface area contributed by atoms with Gasteiger partial charge in [-0.3, -0.25) is 0 Å². The minimum Gasteiger partial charge on any atom is -0.378 e. The first kappa shape index (κ1) is 14.8. The highest BCUT2D eigenvalue weighted by molar-refractivity contribution is 5.13. The summed E-state index contributed by atoms with van der Waals surface area (Å²) < 4.78 is 5.92. The fourth-order valence-electron chi connectivity index (χ4n) is 5.18. The van der Waals surface area contributed by atoms with Crippen molar-refractivity contribution in [3.05, 3.63) is 0 Å². The zero-order valence-corrected chi connectivity index (χ0v) is 14.0. The summed E-state index contributed by atoms with van der Waals surface area (Å²) in [7, 11) is 0. The van der Waals surface area contributed by atoms with E-state index >= 15 is 0 Å². The van der Waals surface area contributed by atoms with Gasteiger partial charge in [-0.05, 0) is 54.8 Å². The van der Waals surface area contributed by atoms with Gasteiger partial charge in [-0.25, -0.2) is 0 Å². The summed E-state index contributed by atoms with van der Waals surface area (Å²) >= 11 is 0. The number of ether oxygens (including phenoxy) is 1. The van der Waals surface area contributed by atoms with Gasteiger partial charge in [0.2, 0.25) is 0 Å². The Morgan fingerprint density at radius 3 is 2.40 bits per heavy atom. The molecule has 2 bridgehead atoms. The first-order chi connectivity index (χ1) is 9.34. The van der Waals surface area contributed by atoms with Gasteiger partial charge in [-0.1, -0.05) is 34.6 Å². The molecule has 0 amide bonds. The molecule has 3 rings (SSSR count). The van der Waals surface area contributed by atoms with Crippen molar-refractivity contribution in [1.82, 2.24) is 5.32 Å². The number of rotatable bonds is 3. The molecule has 2 aliphatic carbocycles. The minimum atomic E-state index is 0.459. The number of nitrogens with one attached hydrogen (secondary N) is 1. The predicted molar refractivity (Wildman–Crippen MR) is 83.8 cm³/mol. The molecule has 3 fully saturated rings. The van der Waals surface area contributed by atoms with Crippen molar-refractivity contribution in [2.45, 2.75) is 84.9 Å². The van der Waals surface area contributed by atoms with E-state index < -0.39 is 0 Å². The molecular formula is C18H33NO. The zero-order valence-electron chi connectivity index (χ0n) is 14.0. The largest absolute Gasteiger partial charge is 0.378 e. The minimum absolute atomic E-state index is 0.459. The molecule has 1 N–H and O–H groups in total. The van der Waals surface area contributed by atoms with Crippen LogP contribution in [-0.4, -0.2) is 24.8 Å². The summed E-state index contributed by atoms with van der Waals surface area (Å²) in [6, 6.07) is 1.40. The lowest BCUT2D eigenvalue weighted by Crippen LogP contribution is -2.51. The first-order valence-electron chi connectivity index (χ1n) is 8.72. The molecule has 20 heavy (non-hydrogen) atoms. The fourth-order valence-corrected chi connectivity index (χ4v) is 5.18. The van der Waals surface area contributed by atoms with Gasteiger partial charge in [0.1, 0.15) is 0 Å². The Morgan fingerprint density at radius 2 is 1.85 bits per heavy atom. The summed E-state index contributed by atoms with van der Waals surface area (Å²) in [4.78, 5) is 0. The Morgan fingerprint density at radius 1 is 1.10 bits per heavy atom. The number of hydrogen-bond acceptors (Lipinski definition) is 2. The molecule has 1 heterocycles. The lowest BCUT2D eigenvalue weighted by molar-refractivity contribution is -0.0296. The van der Waals surface area contributed by atoms with Crippen molar-refractivity contribution in [2.24, 2.45) is 22.7 Å². The molecular weight excluding hydrogens is 246 g/mol. The SMILES string of the molecule is CC(C)C1CC(NC2CC3CCC2(C)C3(C)C)CCO1. The van der Waals surface area contributed by atoms with E-state index in [2.05, 4.69) is 39.9 Å². The number of hydrogen-bond donors (Lipinski definition) is 1. The molecule has 2 nitrogen and oxygen atoms in total. The van der Waals surface area contributed by atoms with Crippen LogP contribution in [0.2, 0.25) is 0 Å². The van der Waals surface area contributed by atoms with Crippen molar-refractivity contribution in [2.75, 3.05) is 6.61 Å². The van der Waals surface area contributed by atoms with Crippen LogP contribution in [0.4, 0.5) is 0 Å². The Kier molecular flexibility index (Phi) is 3.70. The molecule has 1 saturated heterocycles. The number of fused-ring (bicyclic) bond motifs is 2. The lowest BCUT2D eigenvalue weighted by Gasteiger charge is -2.42. The molecule has 116 valence electrons. The second-order valence-corrected chi connectivity index (χ2v) is 8.70. The van der Waals surface area contributed by atoms with Crippen LogP contribution in [0.1, 0.15) is 66.7 Å². The molecule has 3 aliphatic rings. The van der Waals surface area contributed by atoms with Crippen molar-refractivity contribution in [3.63, 3.8) is 0 Å². The van der Waals surface area contributed by atoms with Gasteiger partial charge in [0.05, 0.1) is 6.10 Å². The molecule has 2 saturated carbocycles. The van der Waals surface area contributed by atoms with Gasteiger partial charge in [-0.15, -0.1) is 0 Å². The summed E-state index contributed by atoms with van der Waals surface area (Å²) in [6.07, 6.45) is 7.12. The zero-order chi connectivity index (χ0) is 14.5. The van der Waals surface area contributed by atoms with Gasteiger partial charge in [0, 0.05) is 18.7 Å². The standard InChI is InChI=1S/C18H33NO/c1-12(2)15-11-14(7-9-20-15)19-16-10-13-6-8-18(16,5)17(13,3)4/h12-16,19H,6-11H2,1-5H3. The second-order valence-electron chi connectivity index (χ2n) is 8.70. The van der Waals surface area contributed by atoms with E-state index in [0.717, 1.165) is 18.6 Å². The van der Waals surface area contributed by atoms with E-state index in [1.807, 2.05) is 0 Å². The van der Waals surface area contributed by atoms with Gasteiger partial charge in [0.15, 0.2) is 0 Å². The Balaban J connectivity index is 1.65. The highest BCUT2D eigenvalue weighted by Gasteiger charge is 2.61. The van der Waals surface area contributed by atoms with Crippen LogP contribution in [0.15, 0.2) is 0 Å². The average molecular weight is 279 g/mol. The Bertz CT molecular complexity index is 364. The quantitative estimate of drug-likeness (QED) is 0.843. The van der Waals surface area contributed by atoms with Gasteiger partial charge in [-0.2, -0.15) is 0 Å². The molecule has 0 radical (unpaired) electrons. The highest BCUT2D eigenvalue weighted by Crippen LogP contribution is 2.65. The molecule has 0 aromatic carbocycles. The van der Waals surface area contributed by atoms with Crippen molar-refractivity contribution < 1.29 is 4.74 Å². The maximum Gasteiger partial charge on any atom is 0.0612 e. The van der Waals surface area contributed by atoms with Crippen molar-refractivity contribution in [3.8, 4) is 0 Å². The lowest BCUT2D eigenvalue weighted by atomic mass is 9.69. The highest BCUT2D eigenvalue weighted by atomic mass is 16.5. The molecule has 0 spiro atoms. The van der Waals surface area contributed by atoms with Crippen LogP contribution in [0.25, 0.3) is 0 Å². The molecule has 0 aromatic rings. The summed E-state index contributed by atoms with van der Waals surface area (Å²) in [5.74, 6) is 1.58. The topological polar surface area (TPSA) is 21.3 Å². The van der Waals surface area contributed by atoms with Crippen LogP contribution >= 0.6 is 0 Å². The molecule has 2 heteroatoms. The molecule has 1 aliphatic heterocycles. The van der Waals surface area contributed by atoms with E-state index in [1.165, 1.54) is 32.1 Å². The van der Waals surface area contributed by atoms with E-state index in [1.54, 1.807) is 0 Å². The van der Waals surface area contributed by atoms with Gasteiger partial charge < -0.3 is 10.1 Å². The van der Waals surface area contributed by atoms with Crippen LogP contribution in [0, 0.1) is 22.7 Å². The molecule has 5 unspecified atom stereocenters. The Hall–Kier alpha value is -0.0800. The third-order valence-corrected chi connectivity index (χ3v) is 7.29. The fraction of sp³-hybridized carbons (Fsp3) is 1.00. The monoisotopic (exact) mass is 279 g/mol. The molecule has 5 atom stereocenters. The van der Waals surface area contributed by atoms with Crippen LogP contribution in [0.3, 0.4) is 0 Å². The van der Waals surface area contributed by atoms with E-state index in [0.29, 0.717) is 28.9 Å². The predicted octanol–water partition coefficient (Wildman–Crippen LogP) is 3.99. The van der Waals surface area contributed by atoms with E-state index in [9.17, 15) is 0 Å². The maximum absolute atomic E-state index is 5.92. The second kappa shape index (κ2) is 4.98. The first-order valence-corrected chi connectivity index (χ1v) is 8.72. The third kappa shape index (κ3) is 2.14. The van der Waals surface area contributed by atoms with E-state index in [4.69, 9.17) is 4.74 Å². The van der Waals surface area contributed by atoms with Crippen LogP contribution in [-0.2, 0) is 4.74 Å². The summed E-state index contributed by atoms with van der Waals surface area (Å²) in [6.45, 7) is 13.1. The summed E-state index contributed by atoms with van der Waals surface area (Å²) in [5.41, 5.74) is 1.02. The normalized spacial score (nSPS) is 47.1. The van der Waals surface area contributed by atoms with Gasteiger partial charge >= 0.3 is 0 Å². The van der Waals surface area contributed by atoms with Gasteiger partial charge in [0.25, 0.3) is 0 Å². The smallest absolute Gasteiger partial charge is 0.0612 e. The van der Waals surface area contributed by atoms with Crippen molar-refractivity contribution >= 4 is 0 Å². The van der Waals surface area contributed by atoms with E-state index in [-0.39, 0.29) is 0 Å². The third-order valence-electron chi connectivity index (χ3n) is 7.29. The average Bonchev–Trinajstić information content (AvgIpc) is 2.72. The van der Waals surface area contributed by atoms with Crippen LogP contribution in [0.5, 0.6) is 0 Å². The summed E-state index contributed by atoms with van der Waals surface area (Å²) in [5, 5.41) is 4.05. The van der Waals surface area contributed by atoms with Crippen molar-refractivity contribution in [1.29, 1.82) is 0 Å². The van der Waals surface area contributed by atoms with Crippen LogP contribution < -0.4 is 5.32 Å². The maximum atomic E-state index is 5.92. The molecule has 0 aromatic heterocycles.